The van der Waals surface area contributed by atoms with Crippen LogP contribution >= 0.6 is 0 Å². The molecular formula is C19H27N5O2. The van der Waals surface area contributed by atoms with Crippen molar-refractivity contribution in [1.82, 2.24) is 24.8 Å². The maximum Gasteiger partial charge on any atom is 0.224 e. The number of carbonyl (C=O) groups is 1. The van der Waals surface area contributed by atoms with E-state index in [0.717, 1.165) is 30.0 Å². The normalized spacial score (nSPS) is 20.9. The minimum absolute atomic E-state index is 0.00453. The number of pyridine rings is 1. The molecule has 140 valence electrons. The van der Waals surface area contributed by atoms with Crippen LogP contribution < -0.4 is 5.32 Å². The van der Waals surface area contributed by atoms with Gasteiger partial charge < -0.3 is 14.6 Å². The Kier molecular flexibility index (Phi) is 6.00. The van der Waals surface area contributed by atoms with Gasteiger partial charge >= 0.3 is 0 Å². The minimum Gasteiger partial charge on any atom is -0.373 e. The number of aromatic nitrogens is 3. The second-order valence-corrected chi connectivity index (χ2v) is 6.66. The highest BCUT2D eigenvalue weighted by molar-refractivity contribution is 5.78. The lowest BCUT2D eigenvalue weighted by Gasteiger charge is -2.40. The number of hydrogen-bond acceptors (Lipinski definition) is 5. The first-order chi connectivity index (χ1) is 12.6. The summed E-state index contributed by atoms with van der Waals surface area (Å²) in [6.07, 6.45) is 7.48. The quantitative estimate of drug-likeness (QED) is 0.842. The van der Waals surface area contributed by atoms with Crippen LogP contribution in [-0.2, 0) is 23.0 Å². The standard InChI is InChI=1S/C19H27N5O2/c1-4-24-9-10-26-16(18(24)19-21-7-8-23(19)3)13-22-17(25)11-15-5-6-20-12-14(15)2/h5-8,12,16,18H,4,9-11,13H2,1-3H3,(H,22,25)/t16-,18+/m0/s1. The maximum atomic E-state index is 12.4. The number of likely N-dealkylation sites (N-methyl/N-ethyl adjacent to an activating group) is 1. The van der Waals surface area contributed by atoms with Crippen molar-refractivity contribution >= 4 is 5.91 Å². The molecule has 0 bridgehead atoms. The van der Waals surface area contributed by atoms with Gasteiger partial charge in [0.25, 0.3) is 0 Å². The van der Waals surface area contributed by atoms with E-state index in [2.05, 4.69) is 27.1 Å². The Labute approximate surface area is 154 Å². The predicted octanol–water partition coefficient (Wildman–Crippen LogP) is 1.24. The number of carbonyl (C=O) groups excluding carboxylic acids is 1. The van der Waals surface area contributed by atoms with Gasteiger partial charge in [0.05, 0.1) is 25.2 Å². The molecule has 3 rings (SSSR count). The summed E-state index contributed by atoms with van der Waals surface area (Å²) in [7, 11) is 1.99. The van der Waals surface area contributed by atoms with Crippen LogP contribution in [0.25, 0.3) is 0 Å². The summed E-state index contributed by atoms with van der Waals surface area (Å²) in [6, 6.07) is 1.93. The van der Waals surface area contributed by atoms with Crippen LogP contribution in [0, 0.1) is 6.92 Å². The Morgan fingerprint density at radius 3 is 2.96 bits per heavy atom. The lowest BCUT2D eigenvalue weighted by molar-refractivity contribution is -0.122. The van der Waals surface area contributed by atoms with Crippen molar-refractivity contribution in [3.05, 3.63) is 47.8 Å². The maximum absolute atomic E-state index is 12.4. The fourth-order valence-corrected chi connectivity index (χ4v) is 3.45. The zero-order chi connectivity index (χ0) is 18.5. The Hall–Kier alpha value is -2.25. The van der Waals surface area contributed by atoms with Crippen LogP contribution in [0.2, 0.25) is 0 Å². The molecule has 0 aromatic carbocycles. The summed E-state index contributed by atoms with van der Waals surface area (Å²) in [5, 5.41) is 3.04. The number of ether oxygens (including phenoxy) is 1. The third kappa shape index (κ3) is 4.11. The van der Waals surface area contributed by atoms with Gasteiger partial charge in [-0.05, 0) is 30.7 Å². The molecule has 0 spiro atoms. The highest BCUT2D eigenvalue weighted by Gasteiger charge is 2.35. The van der Waals surface area contributed by atoms with Gasteiger partial charge in [-0.15, -0.1) is 0 Å². The van der Waals surface area contributed by atoms with E-state index >= 15 is 0 Å². The predicted molar refractivity (Wildman–Crippen MR) is 98.6 cm³/mol. The van der Waals surface area contributed by atoms with E-state index < -0.39 is 0 Å². The molecule has 0 aliphatic carbocycles. The fourth-order valence-electron chi connectivity index (χ4n) is 3.45. The van der Waals surface area contributed by atoms with E-state index in [1.54, 1.807) is 18.6 Å². The molecule has 1 N–H and O–H groups in total. The third-order valence-corrected chi connectivity index (χ3v) is 4.97. The van der Waals surface area contributed by atoms with Crippen molar-refractivity contribution in [2.24, 2.45) is 7.05 Å². The fraction of sp³-hybridized carbons (Fsp3) is 0.526. The van der Waals surface area contributed by atoms with E-state index in [9.17, 15) is 4.79 Å². The summed E-state index contributed by atoms with van der Waals surface area (Å²) in [4.78, 5) is 23.3. The van der Waals surface area contributed by atoms with Crippen molar-refractivity contribution in [2.75, 3.05) is 26.2 Å². The molecule has 3 heterocycles. The molecule has 1 aliphatic heterocycles. The van der Waals surface area contributed by atoms with Crippen molar-refractivity contribution in [3.8, 4) is 0 Å². The smallest absolute Gasteiger partial charge is 0.224 e. The molecular weight excluding hydrogens is 330 g/mol. The number of nitrogens with zero attached hydrogens (tertiary/aromatic N) is 4. The number of nitrogens with one attached hydrogen (secondary N) is 1. The molecule has 26 heavy (non-hydrogen) atoms. The van der Waals surface area contributed by atoms with Gasteiger partial charge in [-0.1, -0.05) is 6.92 Å². The molecule has 7 nitrogen and oxygen atoms in total. The monoisotopic (exact) mass is 357 g/mol. The molecule has 2 aromatic rings. The van der Waals surface area contributed by atoms with Gasteiger partial charge in [0.1, 0.15) is 5.82 Å². The molecule has 1 fully saturated rings. The second kappa shape index (κ2) is 8.42. The molecule has 0 saturated carbocycles. The molecule has 7 heteroatoms. The lowest BCUT2D eigenvalue weighted by Crippen LogP contribution is -2.50. The average molecular weight is 357 g/mol. The first-order valence-electron chi connectivity index (χ1n) is 9.09. The van der Waals surface area contributed by atoms with Crippen LogP contribution in [0.5, 0.6) is 0 Å². The van der Waals surface area contributed by atoms with Crippen molar-refractivity contribution < 1.29 is 9.53 Å². The topological polar surface area (TPSA) is 72.3 Å². The Bertz CT molecular complexity index is 745. The summed E-state index contributed by atoms with van der Waals surface area (Å²) in [5.41, 5.74) is 2.03. The van der Waals surface area contributed by atoms with E-state index in [1.165, 1.54) is 0 Å². The van der Waals surface area contributed by atoms with Gasteiger partial charge in [0.15, 0.2) is 0 Å². The first-order valence-corrected chi connectivity index (χ1v) is 9.09. The van der Waals surface area contributed by atoms with Crippen molar-refractivity contribution in [1.29, 1.82) is 0 Å². The molecule has 1 saturated heterocycles. The zero-order valence-electron chi connectivity index (χ0n) is 15.7. The summed E-state index contributed by atoms with van der Waals surface area (Å²) >= 11 is 0. The van der Waals surface area contributed by atoms with E-state index in [0.29, 0.717) is 19.6 Å². The Morgan fingerprint density at radius 2 is 2.27 bits per heavy atom. The molecule has 0 radical (unpaired) electrons. The number of aryl methyl sites for hydroxylation is 2. The first kappa shape index (κ1) is 18.5. The van der Waals surface area contributed by atoms with Crippen molar-refractivity contribution in [3.63, 3.8) is 0 Å². The molecule has 0 unspecified atom stereocenters. The lowest BCUT2D eigenvalue weighted by atomic mass is 10.1. The van der Waals surface area contributed by atoms with Crippen LogP contribution in [-0.4, -0.2) is 57.7 Å². The van der Waals surface area contributed by atoms with Crippen LogP contribution in [0.3, 0.4) is 0 Å². The highest BCUT2D eigenvalue weighted by Crippen LogP contribution is 2.27. The minimum atomic E-state index is -0.118. The molecule has 1 aliphatic rings. The van der Waals surface area contributed by atoms with E-state index in [4.69, 9.17) is 4.74 Å². The van der Waals surface area contributed by atoms with E-state index in [1.807, 2.05) is 30.8 Å². The Balaban J connectivity index is 1.66. The van der Waals surface area contributed by atoms with E-state index in [-0.39, 0.29) is 18.1 Å². The molecule has 2 aromatic heterocycles. The van der Waals surface area contributed by atoms with Gasteiger partial charge in [0.2, 0.25) is 5.91 Å². The second-order valence-electron chi connectivity index (χ2n) is 6.66. The Morgan fingerprint density at radius 1 is 1.42 bits per heavy atom. The third-order valence-electron chi connectivity index (χ3n) is 4.97. The van der Waals surface area contributed by atoms with Gasteiger partial charge in [-0.25, -0.2) is 4.98 Å². The molecule has 1 amide bonds. The van der Waals surface area contributed by atoms with Crippen LogP contribution in [0.15, 0.2) is 30.9 Å². The summed E-state index contributed by atoms with van der Waals surface area (Å²) in [6.45, 7) is 7.03. The number of hydrogen-bond donors (Lipinski definition) is 1. The summed E-state index contributed by atoms with van der Waals surface area (Å²) in [5.74, 6) is 0.964. The van der Waals surface area contributed by atoms with Gasteiger partial charge in [-0.2, -0.15) is 0 Å². The summed E-state index contributed by atoms with van der Waals surface area (Å²) < 4.78 is 8.03. The SMILES string of the molecule is CCN1CCO[C@@H](CNC(=O)Cc2ccncc2C)[C@@H]1c1nccn1C. The van der Waals surface area contributed by atoms with Gasteiger partial charge in [-0.3, -0.25) is 14.7 Å². The number of amides is 1. The van der Waals surface area contributed by atoms with Crippen LogP contribution in [0.4, 0.5) is 0 Å². The molecule has 2 atom stereocenters. The number of imidazole rings is 1. The largest absolute Gasteiger partial charge is 0.373 e. The number of morpholine rings is 1. The highest BCUT2D eigenvalue weighted by atomic mass is 16.5. The average Bonchev–Trinajstić information content (AvgIpc) is 3.07. The van der Waals surface area contributed by atoms with Crippen molar-refractivity contribution in [2.45, 2.75) is 32.4 Å². The zero-order valence-corrected chi connectivity index (χ0v) is 15.7. The van der Waals surface area contributed by atoms with Crippen LogP contribution in [0.1, 0.15) is 29.9 Å². The number of rotatable bonds is 6. The van der Waals surface area contributed by atoms with Gasteiger partial charge in [0, 0.05) is 44.9 Å².